The summed E-state index contributed by atoms with van der Waals surface area (Å²) in [5.74, 6) is 6.39. The zero-order chi connectivity index (χ0) is 34.9. The third-order valence-corrected chi connectivity index (χ3v) is 10.4. The van der Waals surface area contributed by atoms with Gasteiger partial charge in [0.2, 0.25) is 18.3 Å². The van der Waals surface area contributed by atoms with Gasteiger partial charge in [0, 0.05) is 36.3 Å². The lowest BCUT2D eigenvalue weighted by molar-refractivity contribution is 0.171. The number of ether oxygens (including phenoxy) is 8. The number of hydrogen-bond acceptors (Lipinski definition) is 10. The van der Waals surface area contributed by atoms with E-state index >= 15 is 0 Å². The molecule has 0 fully saturated rings. The van der Waals surface area contributed by atoms with Crippen molar-refractivity contribution >= 4 is 0 Å². The zero-order valence-corrected chi connectivity index (χ0v) is 30.0. The summed E-state index contributed by atoms with van der Waals surface area (Å²) in [5.41, 5.74) is 7.10. The lowest BCUT2D eigenvalue weighted by Crippen LogP contribution is -2.33. The molecule has 3 aliphatic rings. The van der Waals surface area contributed by atoms with Crippen LogP contribution in [0, 0.1) is 0 Å². The predicted octanol–water partition coefficient (Wildman–Crippen LogP) is 6.79. The number of nitrogens with zero attached hydrogens (tertiary/aromatic N) is 2. The number of fused-ring (bicyclic) bond motifs is 3. The number of methoxy groups -OCH3 is 5. The fourth-order valence-corrected chi connectivity index (χ4v) is 7.72. The molecule has 0 radical (unpaired) electrons. The monoisotopic (exact) mass is 682 g/mol. The fraction of sp³-hybridized carbons (Fsp3) is 0.400. The van der Waals surface area contributed by atoms with Crippen molar-refractivity contribution < 1.29 is 37.9 Å². The van der Waals surface area contributed by atoms with Crippen molar-refractivity contribution in [3.8, 4) is 51.7 Å². The maximum absolute atomic E-state index is 6.48. The molecule has 2 atom stereocenters. The molecule has 0 saturated heterocycles. The Morgan fingerprint density at radius 1 is 0.600 bits per heavy atom. The standard InChI is InChI=1S/C40H46N2O8/c1-41-17-15-28-30(22-36-40(38(28)46-6)49-23-48-36)31(41)18-24-8-11-26(12-9-24)50-34-20-25(10-13-33(34)43-3)19-32-29-21-35(44-4)39(47-7)37(45-5)27(29)14-16-42(32)2/h8-13,20-22,31-32H,14-19,23H2,1-7H3/t31-,32-/m0/s1. The van der Waals surface area contributed by atoms with E-state index in [0.717, 1.165) is 72.9 Å². The summed E-state index contributed by atoms with van der Waals surface area (Å²) in [6.45, 7) is 2.05. The second-order valence-electron chi connectivity index (χ2n) is 13.1. The van der Waals surface area contributed by atoms with Gasteiger partial charge in [0.25, 0.3) is 0 Å². The molecule has 0 unspecified atom stereocenters. The van der Waals surface area contributed by atoms with Crippen LogP contribution in [-0.2, 0) is 25.7 Å². The summed E-state index contributed by atoms with van der Waals surface area (Å²) in [4.78, 5) is 4.78. The molecule has 10 heteroatoms. The second-order valence-corrected chi connectivity index (χ2v) is 13.1. The van der Waals surface area contributed by atoms with Crippen LogP contribution in [0.25, 0.3) is 0 Å². The normalized spacial score (nSPS) is 18.2. The summed E-state index contributed by atoms with van der Waals surface area (Å²) in [6.07, 6.45) is 3.37. The smallest absolute Gasteiger partial charge is 0.231 e. The molecule has 0 saturated carbocycles. The second kappa shape index (κ2) is 14.2. The van der Waals surface area contributed by atoms with Gasteiger partial charge in [0.05, 0.1) is 35.5 Å². The maximum Gasteiger partial charge on any atom is 0.231 e. The zero-order valence-electron chi connectivity index (χ0n) is 30.0. The minimum absolute atomic E-state index is 0.108. The number of hydrogen-bond donors (Lipinski definition) is 0. The van der Waals surface area contributed by atoms with Gasteiger partial charge in [-0.15, -0.1) is 0 Å². The Morgan fingerprint density at radius 2 is 1.20 bits per heavy atom. The van der Waals surface area contributed by atoms with Crippen LogP contribution in [-0.4, -0.2) is 79.3 Å². The van der Waals surface area contributed by atoms with Gasteiger partial charge in [-0.2, -0.15) is 0 Å². The van der Waals surface area contributed by atoms with Crippen LogP contribution < -0.4 is 37.9 Å². The number of likely N-dealkylation sites (N-methyl/N-ethyl adjacent to an activating group) is 2. The molecular weight excluding hydrogens is 636 g/mol. The molecule has 0 bridgehead atoms. The van der Waals surface area contributed by atoms with Gasteiger partial charge < -0.3 is 37.9 Å². The summed E-state index contributed by atoms with van der Waals surface area (Å²) in [5, 5.41) is 0. The quantitative estimate of drug-likeness (QED) is 0.169. The van der Waals surface area contributed by atoms with Crippen molar-refractivity contribution in [2.24, 2.45) is 0 Å². The Hall–Kier alpha value is -4.80. The van der Waals surface area contributed by atoms with E-state index in [1.807, 2.05) is 18.2 Å². The van der Waals surface area contributed by atoms with E-state index in [1.54, 1.807) is 35.5 Å². The van der Waals surface area contributed by atoms with Crippen molar-refractivity contribution in [3.63, 3.8) is 0 Å². The molecule has 0 aliphatic carbocycles. The van der Waals surface area contributed by atoms with E-state index in [9.17, 15) is 0 Å². The summed E-state index contributed by atoms with van der Waals surface area (Å²) < 4.78 is 46.8. The van der Waals surface area contributed by atoms with Gasteiger partial charge in [-0.25, -0.2) is 0 Å². The van der Waals surface area contributed by atoms with Gasteiger partial charge in [-0.3, -0.25) is 9.80 Å². The third kappa shape index (κ3) is 6.11. The van der Waals surface area contributed by atoms with Crippen LogP contribution in [0.1, 0.15) is 45.5 Å². The van der Waals surface area contributed by atoms with Crippen LogP contribution in [0.15, 0.2) is 54.6 Å². The highest BCUT2D eigenvalue weighted by Gasteiger charge is 2.34. The average Bonchev–Trinajstić information content (AvgIpc) is 3.61. The first-order chi connectivity index (χ1) is 24.4. The Balaban J connectivity index is 1.11. The van der Waals surface area contributed by atoms with Crippen molar-refractivity contribution in [3.05, 3.63) is 88.0 Å². The average molecular weight is 683 g/mol. The molecule has 0 spiro atoms. The molecule has 10 nitrogen and oxygen atoms in total. The van der Waals surface area contributed by atoms with Crippen molar-refractivity contribution in [1.29, 1.82) is 0 Å². The highest BCUT2D eigenvalue weighted by atomic mass is 16.7. The highest BCUT2D eigenvalue weighted by Crippen LogP contribution is 2.50. The van der Waals surface area contributed by atoms with E-state index in [4.69, 9.17) is 37.9 Å². The Bertz CT molecular complexity index is 1860. The first-order valence-electron chi connectivity index (χ1n) is 17.0. The van der Waals surface area contributed by atoms with Gasteiger partial charge in [0.1, 0.15) is 5.75 Å². The van der Waals surface area contributed by atoms with E-state index < -0.39 is 0 Å². The highest BCUT2D eigenvalue weighted by molar-refractivity contribution is 5.62. The Kier molecular flexibility index (Phi) is 9.57. The van der Waals surface area contributed by atoms with Crippen LogP contribution in [0.5, 0.6) is 51.7 Å². The van der Waals surface area contributed by atoms with Gasteiger partial charge >= 0.3 is 0 Å². The molecule has 0 amide bonds. The summed E-state index contributed by atoms with van der Waals surface area (Å²) in [6, 6.07) is 19.0. The molecule has 50 heavy (non-hydrogen) atoms. The van der Waals surface area contributed by atoms with Gasteiger partial charge in [-0.1, -0.05) is 18.2 Å². The summed E-state index contributed by atoms with van der Waals surface area (Å²) in [7, 11) is 12.7. The molecule has 3 aliphatic heterocycles. The molecule has 4 aromatic carbocycles. The van der Waals surface area contributed by atoms with Crippen molar-refractivity contribution in [2.45, 2.75) is 37.8 Å². The maximum atomic E-state index is 6.48. The van der Waals surface area contributed by atoms with E-state index in [1.165, 1.54) is 22.3 Å². The van der Waals surface area contributed by atoms with Gasteiger partial charge in [-0.05, 0) is 98.4 Å². The SMILES string of the molecule is COc1ccc(C[C@H]2c3cc(OC)c(OC)c(OC)c3CCN2C)cc1Oc1ccc(C[C@H]2c3cc4c(c(OC)c3CCN2C)OCO4)cc1. The molecule has 0 aromatic heterocycles. The molecule has 264 valence electrons. The molecule has 4 aromatic rings. The first kappa shape index (κ1) is 33.7. The molecule has 7 rings (SSSR count). The van der Waals surface area contributed by atoms with E-state index in [2.05, 4.69) is 60.3 Å². The Morgan fingerprint density at radius 3 is 1.84 bits per heavy atom. The molecule has 0 N–H and O–H groups in total. The lowest BCUT2D eigenvalue weighted by Gasteiger charge is -2.36. The molecule has 3 heterocycles. The van der Waals surface area contributed by atoms with Crippen LogP contribution >= 0.6 is 0 Å². The van der Waals surface area contributed by atoms with Crippen molar-refractivity contribution in [1.82, 2.24) is 9.80 Å². The largest absolute Gasteiger partial charge is 0.493 e. The van der Waals surface area contributed by atoms with E-state index in [-0.39, 0.29) is 18.9 Å². The van der Waals surface area contributed by atoms with Crippen molar-refractivity contribution in [2.75, 3.05) is 69.5 Å². The minimum atomic E-state index is 0.108. The Labute approximate surface area is 294 Å². The topological polar surface area (TPSA) is 80.3 Å². The minimum Gasteiger partial charge on any atom is -0.493 e. The van der Waals surface area contributed by atoms with Crippen LogP contribution in [0.3, 0.4) is 0 Å². The predicted molar refractivity (Wildman–Crippen MR) is 190 cm³/mol. The van der Waals surface area contributed by atoms with E-state index in [0.29, 0.717) is 28.7 Å². The first-order valence-corrected chi connectivity index (χ1v) is 17.0. The van der Waals surface area contributed by atoms with Crippen LogP contribution in [0.4, 0.5) is 0 Å². The number of rotatable bonds is 11. The van der Waals surface area contributed by atoms with Gasteiger partial charge in [0.15, 0.2) is 34.5 Å². The fourth-order valence-electron chi connectivity index (χ4n) is 7.72. The summed E-state index contributed by atoms with van der Waals surface area (Å²) >= 11 is 0. The lowest BCUT2D eigenvalue weighted by atomic mass is 9.87. The third-order valence-electron chi connectivity index (χ3n) is 10.4. The molecular formula is C40H46N2O8. The van der Waals surface area contributed by atoms with Crippen LogP contribution in [0.2, 0.25) is 0 Å². The number of benzene rings is 4.